The van der Waals surface area contributed by atoms with Gasteiger partial charge < -0.3 is 9.84 Å². The summed E-state index contributed by atoms with van der Waals surface area (Å²) >= 11 is 19.3. The number of nitrogens with zero attached hydrogens (tertiary/aromatic N) is 3. The van der Waals surface area contributed by atoms with Gasteiger partial charge in [-0.05, 0) is 67.4 Å². The summed E-state index contributed by atoms with van der Waals surface area (Å²) in [6.07, 6.45) is 12.1. The van der Waals surface area contributed by atoms with Crippen molar-refractivity contribution in [3.05, 3.63) is 105 Å². The van der Waals surface area contributed by atoms with Crippen molar-refractivity contribution in [2.75, 3.05) is 6.54 Å². The van der Waals surface area contributed by atoms with Crippen LogP contribution in [0.2, 0.25) is 10.0 Å². The topological polar surface area (TPSA) is 84.7 Å². The van der Waals surface area contributed by atoms with Crippen molar-refractivity contribution in [1.82, 2.24) is 14.7 Å². The number of thiocarbonyl (C=S) groups is 1. The van der Waals surface area contributed by atoms with E-state index in [-0.39, 0.29) is 12.3 Å². The van der Waals surface area contributed by atoms with E-state index in [1.807, 2.05) is 77.6 Å². The summed E-state index contributed by atoms with van der Waals surface area (Å²) in [7, 11) is 0. The lowest BCUT2D eigenvalue weighted by Crippen LogP contribution is -2.29. The van der Waals surface area contributed by atoms with Crippen molar-refractivity contribution >= 4 is 69.5 Å². The molecule has 1 aromatic heterocycles. The van der Waals surface area contributed by atoms with E-state index in [2.05, 4.69) is 0 Å². The van der Waals surface area contributed by atoms with Gasteiger partial charge in [-0.3, -0.25) is 14.5 Å². The summed E-state index contributed by atoms with van der Waals surface area (Å²) in [6.45, 7) is 0.903. The Morgan fingerprint density at radius 3 is 2.29 bits per heavy atom. The minimum absolute atomic E-state index is 0.0774. The molecule has 4 aromatic rings. The number of rotatable bonds is 17. The number of carbonyl (C=O) groups is 2. The molecule has 48 heavy (non-hydrogen) atoms. The summed E-state index contributed by atoms with van der Waals surface area (Å²) in [5.74, 6) is -0.116. The molecule has 11 heteroatoms. The van der Waals surface area contributed by atoms with Gasteiger partial charge in [-0.1, -0.05) is 110 Å². The molecule has 1 saturated heterocycles. The van der Waals surface area contributed by atoms with Crippen molar-refractivity contribution in [3.8, 4) is 22.7 Å². The summed E-state index contributed by atoms with van der Waals surface area (Å²) in [6, 6.07) is 22.9. The summed E-state index contributed by atoms with van der Waals surface area (Å²) in [5.41, 5.74) is 4.17. The number of para-hydroxylation sites is 1. The Morgan fingerprint density at radius 1 is 0.917 bits per heavy atom. The van der Waals surface area contributed by atoms with E-state index in [9.17, 15) is 9.59 Å². The number of aliphatic carboxylic acids is 1. The van der Waals surface area contributed by atoms with Gasteiger partial charge in [0.1, 0.15) is 16.7 Å². The van der Waals surface area contributed by atoms with Gasteiger partial charge in [-0.15, -0.1) is 0 Å². The third kappa shape index (κ3) is 9.95. The first kappa shape index (κ1) is 35.7. The average molecular weight is 723 g/mol. The Labute approximate surface area is 300 Å². The normalized spacial score (nSPS) is 13.9. The number of hydrogen-bond donors (Lipinski definition) is 1. The minimum atomic E-state index is -0.724. The van der Waals surface area contributed by atoms with Gasteiger partial charge >= 0.3 is 5.97 Å². The SMILES string of the molecule is O=C(O)CCCCCCCCCCN1C(=O)C(=Cc2cn(-c3ccccc3)nc2-c2ccc(OCc3ccc(Cl)cc3Cl)cc2)SC1=S. The highest BCUT2D eigenvalue weighted by atomic mass is 35.5. The summed E-state index contributed by atoms with van der Waals surface area (Å²) < 4.78 is 8.38. The standard InChI is InChI=1S/C37H37Cl2N3O4S2/c38-29-18-15-27(32(39)23-29)25-46-31-19-16-26(17-20-31)35-28(24-42(40-35)30-12-8-7-9-13-30)22-33-36(45)41(37(47)48-33)21-11-6-4-2-1-3-5-10-14-34(43)44/h7-9,12-13,15-20,22-24H,1-6,10-11,14,21,25H2,(H,43,44). The zero-order valence-electron chi connectivity index (χ0n) is 26.4. The Kier molecular flexibility index (Phi) is 13.1. The van der Waals surface area contributed by atoms with Crippen LogP contribution in [0.4, 0.5) is 0 Å². The Hall–Kier alpha value is -3.63. The Balaban J connectivity index is 1.23. The van der Waals surface area contributed by atoms with Crippen LogP contribution in [0.1, 0.15) is 68.9 Å². The van der Waals surface area contributed by atoms with Crippen LogP contribution in [0, 0.1) is 0 Å². The molecular formula is C37H37Cl2N3O4S2. The molecule has 0 unspecified atom stereocenters. The molecule has 0 aliphatic carbocycles. The van der Waals surface area contributed by atoms with Crippen molar-refractivity contribution in [1.29, 1.82) is 0 Å². The van der Waals surface area contributed by atoms with Gasteiger partial charge in [0.25, 0.3) is 5.91 Å². The first-order valence-electron chi connectivity index (χ1n) is 16.1. The molecule has 0 spiro atoms. The van der Waals surface area contributed by atoms with Gasteiger partial charge in [0.15, 0.2) is 0 Å². The van der Waals surface area contributed by atoms with Crippen LogP contribution in [-0.2, 0) is 16.2 Å². The van der Waals surface area contributed by atoms with Gasteiger partial charge in [0, 0.05) is 45.9 Å². The molecule has 7 nitrogen and oxygen atoms in total. The molecule has 0 bridgehead atoms. The maximum atomic E-state index is 13.5. The molecule has 1 N–H and O–H groups in total. The van der Waals surface area contributed by atoms with Gasteiger partial charge in [0.05, 0.1) is 16.3 Å². The minimum Gasteiger partial charge on any atom is -0.489 e. The largest absolute Gasteiger partial charge is 0.489 e. The van der Waals surface area contributed by atoms with E-state index in [4.69, 9.17) is 50.4 Å². The second-order valence-electron chi connectivity index (χ2n) is 11.6. The quantitative estimate of drug-likeness (QED) is 0.0660. The molecule has 5 rings (SSSR count). The van der Waals surface area contributed by atoms with E-state index >= 15 is 0 Å². The number of halogens is 2. The smallest absolute Gasteiger partial charge is 0.303 e. The van der Waals surface area contributed by atoms with E-state index in [0.717, 1.165) is 79.4 Å². The number of carboxylic acids is 1. The molecule has 1 aliphatic heterocycles. The second kappa shape index (κ2) is 17.7. The summed E-state index contributed by atoms with van der Waals surface area (Å²) in [4.78, 5) is 26.4. The summed E-state index contributed by atoms with van der Waals surface area (Å²) in [5, 5.41) is 14.8. The zero-order valence-corrected chi connectivity index (χ0v) is 29.6. The second-order valence-corrected chi connectivity index (χ2v) is 14.1. The Morgan fingerprint density at radius 2 is 1.60 bits per heavy atom. The number of carbonyl (C=O) groups excluding carboxylic acids is 1. The Bertz CT molecular complexity index is 1760. The lowest BCUT2D eigenvalue weighted by atomic mass is 10.1. The van der Waals surface area contributed by atoms with Crippen LogP contribution in [0.3, 0.4) is 0 Å². The maximum Gasteiger partial charge on any atom is 0.303 e. The van der Waals surface area contributed by atoms with Crippen LogP contribution in [0.15, 0.2) is 83.9 Å². The molecule has 250 valence electrons. The van der Waals surface area contributed by atoms with Crippen LogP contribution in [0.5, 0.6) is 5.75 Å². The van der Waals surface area contributed by atoms with Crippen molar-refractivity contribution < 1.29 is 19.4 Å². The van der Waals surface area contributed by atoms with E-state index in [0.29, 0.717) is 38.2 Å². The first-order valence-corrected chi connectivity index (χ1v) is 18.1. The number of amides is 1. The molecule has 2 heterocycles. The lowest BCUT2D eigenvalue weighted by Gasteiger charge is -2.14. The van der Waals surface area contributed by atoms with Crippen LogP contribution in [-0.4, -0.2) is 42.5 Å². The maximum absolute atomic E-state index is 13.5. The fraction of sp³-hybridized carbons (Fsp3) is 0.297. The van der Waals surface area contributed by atoms with Gasteiger partial charge in [0.2, 0.25) is 0 Å². The number of aromatic nitrogens is 2. The molecule has 0 saturated carbocycles. The fourth-order valence-electron chi connectivity index (χ4n) is 5.38. The van der Waals surface area contributed by atoms with Crippen molar-refractivity contribution in [2.45, 2.75) is 64.4 Å². The van der Waals surface area contributed by atoms with Gasteiger partial charge in [-0.25, -0.2) is 4.68 Å². The molecule has 0 radical (unpaired) electrons. The molecule has 0 atom stereocenters. The zero-order chi connectivity index (χ0) is 33.9. The molecule has 3 aromatic carbocycles. The van der Waals surface area contributed by atoms with E-state index < -0.39 is 5.97 Å². The highest BCUT2D eigenvalue weighted by Crippen LogP contribution is 2.35. The highest BCUT2D eigenvalue weighted by Gasteiger charge is 2.32. The number of hydrogen-bond acceptors (Lipinski definition) is 6. The monoisotopic (exact) mass is 721 g/mol. The van der Waals surface area contributed by atoms with E-state index in [1.165, 1.54) is 11.8 Å². The van der Waals surface area contributed by atoms with Crippen molar-refractivity contribution in [2.24, 2.45) is 0 Å². The van der Waals surface area contributed by atoms with E-state index in [1.54, 1.807) is 17.0 Å². The molecule has 1 aliphatic rings. The fourth-order valence-corrected chi connectivity index (χ4v) is 7.14. The number of carboxylic acid groups (broad SMARTS) is 1. The predicted octanol–water partition coefficient (Wildman–Crippen LogP) is 10.2. The number of ether oxygens (including phenoxy) is 1. The van der Waals surface area contributed by atoms with Crippen molar-refractivity contribution in [3.63, 3.8) is 0 Å². The van der Waals surface area contributed by atoms with Crippen LogP contribution in [0.25, 0.3) is 23.0 Å². The first-order chi connectivity index (χ1) is 23.3. The third-order valence-corrected chi connectivity index (χ3v) is 9.95. The van der Waals surface area contributed by atoms with Gasteiger partial charge in [-0.2, -0.15) is 5.10 Å². The predicted molar refractivity (Wildman–Crippen MR) is 199 cm³/mol. The lowest BCUT2D eigenvalue weighted by molar-refractivity contribution is -0.137. The molecule has 1 fully saturated rings. The average Bonchev–Trinajstić information content (AvgIpc) is 3.61. The number of unbranched alkanes of at least 4 members (excludes halogenated alkanes) is 7. The van der Waals surface area contributed by atoms with Crippen LogP contribution < -0.4 is 4.74 Å². The highest BCUT2D eigenvalue weighted by molar-refractivity contribution is 8.26. The number of benzene rings is 3. The van der Waals surface area contributed by atoms with Crippen LogP contribution >= 0.6 is 47.2 Å². The number of thioether (sulfide) groups is 1. The molecule has 1 amide bonds. The molecular weight excluding hydrogens is 685 g/mol. The third-order valence-electron chi connectivity index (χ3n) is 7.98.